The molecule has 1 heterocycles. The molecular weight excluding hydrogens is 264 g/mol. The van der Waals surface area contributed by atoms with Gasteiger partial charge in [-0.3, -0.25) is 4.79 Å². The van der Waals surface area contributed by atoms with Crippen LogP contribution in [0.15, 0.2) is 54.7 Å². The lowest BCUT2D eigenvalue weighted by molar-refractivity contribution is -0.120. The Balaban J connectivity index is 2.29. The molecule has 21 heavy (non-hydrogen) atoms. The SMILES string of the molecule is O=COc1cc2ccccc2c2ccc3nnccc3c12. The lowest BCUT2D eigenvalue weighted by Gasteiger charge is -2.10. The lowest BCUT2D eigenvalue weighted by atomic mass is 9.98. The standard InChI is InChI=1S/C17H10N2O2/c20-10-21-16-9-11-3-1-2-4-12(11)13-5-6-15-14(17(13)16)7-8-18-19-15/h1-10H. The fourth-order valence-electron chi connectivity index (χ4n) is 2.78. The number of hydrogen-bond acceptors (Lipinski definition) is 4. The second-order valence-corrected chi connectivity index (χ2v) is 4.76. The average molecular weight is 274 g/mol. The van der Waals surface area contributed by atoms with Crippen molar-refractivity contribution in [1.29, 1.82) is 0 Å². The van der Waals surface area contributed by atoms with Crippen molar-refractivity contribution >= 4 is 38.9 Å². The molecule has 0 unspecified atom stereocenters. The number of rotatable bonds is 2. The van der Waals surface area contributed by atoms with Gasteiger partial charge < -0.3 is 4.74 Å². The zero-order valence-electron chi connectivity index (χ0n) is 11.0. The van der Waals surface area contributed by atoms with Gasteiger partial charge in [-0.05, 0) is 34.4 Å². The second-order valence-electron chi connectivity index (χ2n) is 4.76. The predicted molar refractivity (Wildman–Crippen MR) is 81.2 cm³/mol. The molecule has 0 aliphatic carbocycles. The number of nitrogens with zero attached hydrogens (tertiary/aromatic N) is 2. The van der Waals surface area contributed by atoms with E-state index >= 15 is 0 Å². The van der Waals surface area contributed by atoms with Crippen LogP contribution in [0.2, 0.25) is 0 Å². The monoisotopic (exact) mass is 274 g/mol. The Morgan fingerprint density at radius 3 is 2.76 bits per heavy atom. The summed E-state index contributed by atoms with van der Waals surface area (Å²) in [4.78, 5) is 10.8. The average Bonchev–Trinajstić information content (AvgIpc) is 2.54. The van der Waals surface area contributed by atoms with Gasteiger partial charge in [0, 0.05) is 10.8 Å². The summed E-state index contributed by atoms with van der Waals surface area (Å²) >= 11 is 0. The van der Waals surface area contributed by atoms with Gasteiger partial charge in [0.2, 0.25) is 0 Å². The number of benzene rings is 3. The second kappa shape index (κ2) is 4.52. The first-order valence-corrected chi connectivity index (χ1v) is 6.54. The summed E-state index contributed by atoms with van der Waals surface area (Å²) in [5.74, 6) is 0.539. The lowest BCUT2D eigenvalue weighted by Crippen LogP contribution is -1.93. The predicted octanol–water partition coefficient (Wildman–Crippen LogP) is 3.47. The molecule has 0 saturated heterocycles. The van der Waals surface area contributed by atoms with Crippen LogP contribution in [-0.4, -0.2) is 16.7 Å². The topological polar surface area (TPSA) is 52.1 Å². The van der Waals surface area contributed by atoms with Gasteiger partial charge in [-0.1, -0.05) is 30.3 Å². The molecule has 4 heteroatoms. The Hall–Kier alpha value is -3.01. The van der Waals surface area contributed by atoms with Gasteiger partial charge in [-0.2, -0.15) is 10.2 Å². The van der Waals surface area contributed by atoms with Crippen LogP contribution < -0.4 is 4.74 Å². The summed E-state index contributed by atoms with van der Waals surface area (Å²) in [5, 5.41) is 13.0. The molecule has 0 aliphatic rings. The van der Waals surface area contributed by atoms with E-state index in [9.17, 15) is 4.79 Å². The molecule has 3 aromatic carbocycles. The maximum Gasteiger partial charge on any atom is 0.298 e. The number of fused-ring (bicyclic) bond motifs is 5. The molecule has 0 fully saturated rings. The van der Waals surface area contributed by atoms with Crippen molar-refractivity contribution in [3.63, 3.8) is 0 Å². The van der Waals surface area contributed by atoms with E-state index in [2.05, 4.69) is 16.3 Å². The van der Waals surface area contributed by atoms with E-state index in [1.807, 2.05) is 42.5 Å². The van der Waals surface area contributed by atoms with E-state index in [4.69, 9.17) is 4.74 Å². The molecule has 4 rings (SSSR count). The van der Waals surface area contributed by atoms with Gasteiger partial charge in [-0.15, -0.1) is 0 Å². The minimum atomic E-state index is 0.455. The number of carbonyl (C=O) groups is 1. The summed E-state index contributed by atoms with van der Waals surface area (Å²) in [6, 6.07) is 15.7. The quantitative estimate of drug-likeness (QED) is 0.415. The fraction of sp³-hybridized carbons (Fsp3) is 0. The van der Waals surface area contributed by atoms with Crippen molar-refractivity contribution in [3.05, 3.63) is 54.7 Å². The van der Waals surface area contributed by atoms with E-state index in [0.717, 1.165) is 32.4 Å². The summed E-state index contributed by atoms with van der Waals surface area (Å²) < 4.78 is 5.21. The normalized spacial score (nSPS) is 11.0. The molecular formula is C17H10N2O2. The molecule has 100 valence electrons. The van der Waals surface area contributed by atoms with Gasteiger partial charge >= 0.3 is 0 Å². The van der Waals surface area contributed by atoms with Crippen LogP contribution in [-0.2, 0) is 4.79 Å². The third kappa shape index (κ3) is 1.73. The van der Waals surface area contributed by atoms with Crippen LogP contribution in [0.25, 0.3) is 32.4 Å². The number of aromatic nitrogens is 2. The van der Waals surface area contributed by atoms with E-state index in [0.29, 0.717) is 12.2 Å². The van der Waals surface area contributed by atoms with Crippen LogP contribution in [0, 0.1) is 0 Å². The number of carbonyl (C=O) groups excluding carboxylic acids is 1. The summed E-state index contributed by atoms with van der Waals surface area (Å²) in [6.45, 7) is 0.455. The molecule has 0 saturated carbocycles. The number of hydrogen-bond donors (Lipinski definition) is 0. The molecule has 4 nitrogen and oxygen atoms in total. The largest absolute Gasteiger partial charge is 0.428 e. The minimum Gasteiger partial charge on any atom is -0.428 e. The van der Waals surface area contributed by atoms with Crippen molar-refractivity contribution in [2.45, 2.75) is 0 Å². The van der Waals surface area contributed by atoms with Crippen LogP contribution in [0.1, 0.15) is 0 Å². The third-order valence-electron chi connectivity index (χ3n) is 3.65. The highest BCUT2D eigenvalue weighted by molar-refractivity contribution is 6.19. The highest BCUT2D eigenvalue weighted by Gasteiger charge is 2.11. The van der Waals surface area contributed by atoms with Gasteiger partial charge in [0.05, 0.1) is 11.7 Å². The molecule has 1 aromatic heterocycles. The molecule has 0 aliphatic heterocycles. The minimum absolute atomic E-state index is 0.455. The van der Waals surface area contributed by atoms with E-state index in [1.165, 1.54) is 0 Å². The fourth-order valence-corrected chi connectivity index (χ4v) is 2.78. The molecule has 0 bridgehead atoms. The van der Waals surface area contributed by atoms with Crippen LogP contribution in [0.4, 0.5) is 0 Å². The molecule has 0 spiro atoms. The Labute approximate surface area is 120 Å². The maximum absolute atomic E-state index is 10.8. The van der Waals surface area contributed by atoms with Gasteiger partial charge in [-0.25, -0.2) is 0 Å². The van der Waals surface area contributed by atoms with Crippen LogP contribution >= 0.6 is 0 Å². The Bertz CT molecular complexity index is 996. The summed E-state index contributed by atoms with van der Waals surface area (Å²) in [7, 11) is 0. The van der Waals surface area contributed by atoms with Crippen molar-refractivity contribution in [3.8, 4) is 5.75 Å². The molecule has 4 aromatic rings. The zero-order chi connectivity index (χ0) is 14.2. The van der Waals surface area contributed by atoms with Gasteiger partial charge in [0.25, 0.3) is 6.47 Å². The van der Waals surface area contributed by atoms with E-state index in [1.54, 1.807) is 6.20 Å². The Kier molecular flexibility index (Phi) is 2.54. The first-order valence-electron chi connectivity index (χ1n) is 6.54. The van der Waals surface area contributed by atoms with Crippen LogP contribution in [0.5, 0.6) is 5.75 Å². The van der Waals surface area contributed by atoms with Gasteiger partial charge in [0.15, 0.2) is 0 Å². The zero-order valence-corrected chi connectivity index (χ0v) is 11.0. The van der Waals surface area contributed by atoms with E-state index in [-0.39, 0.29) is 0 Å². The highest BCUT2D eigenvalue weighted by atomic mass is 16.5. The molecule has 0 radical (unpaired) electrons. The van der Waals surface area contributed by atoms with Crippen molar-refractivity contribution in [1.82, 2.24) is 10.2 Å². The summed E-state index contributed by atoms with van der Waals surface area (Å²) in [6.07, 6.45) is 1.64. The molecule has 0 amide bonds. The van der Waals surface area contributed by atoms with Crippen molar-refractivity contribution < 1.29 is 9.53 Å². The smallest absolute Gasteiger partial charge is 0.298 e. The Morgan fingerprint density at radius 2 is 1.86 bits per heavy atom. The maximum atomic E-state index is 10.8. The van der Waals surface area contributed by atoms with E-state index < -0.39 is 0 Å². The first kappa shape index (κ1) is 11.8. The van der Waals surface area contributed by atoms with Gasteiger partial charge in [0.1, 0.15) is 5.75 Å². The number of ether oxygens (including phenoxy) is 1. The highest BCUT2D eigenvalue weighted by Crippen LogP contribution is 2.37. The third-order valence-corrected chi connectivity index (χ3v) is 3.65. The van der Waals surface area contributed by atoms with Crippen LogP contribution in [0.3, 0.4) is 0 Å². The Morgan fingerprint density at radius 1 is 0.952 bits per heavy atom. The molecule has 0 N–H and O–H groups in total. The first-order chi connectivity index (χ1) is 10.4. The molecule has 0 atom stereocenters. The van der Waals surface area contributed by atoms with Crippen molar-refractivity contribution in [2.24, 2.45) is 0 Å². The van der Waals surface area contributed by atoms with Crippen molar-refractivity contribution in [2.75, 3.05) is 0 Å². The summed E-state index contributed by atoms with van der Waals surface area (Å²) in [5.41, 5.74) is 0.774.